The molecule has 176 valence electrons. The lowest BCUT2D eigenvalue weighted by Crippen LogP contribution is -2.34. The molecule has 3 aromatic rings. The molecule has 3 rings (SSSR count). The van der Waals surface area contributed by atoms with Crippen molar-refractivity contribution in [2.24, 2.45) is 0 Å². The number of methoxy groups -OCH3 is 4. The van der Waals surface area contributed by atoms with Gasteiger partial charge in [-0.25, -0.2) is 0 Å². The first-order chi connectivity index (χ1) is 15.9. The van der Waals surface area contributed by atoms with Gasteiger partial charge in [-0.1, -0.05) is 0 Å². The van der Waals surface area contributed by atoms with Crippen LogP contribution in [0.15, 0.2) is 41.2 Å². The number of amides is 1. The molecule has 2 aromatic carbocycles. The largest absolute Gasteiger partial charge is 0.497 e. The van der Waals surface area contributed by atoms with E-state index >= 15 is 0 Å². The molecular formula is C24H28N2O7. The third-order valence-electron chi connectivity index (χ3n) is 5.27. The fraction of sp³-hybridized carbons (Fsp3) is 0.333. The highest BCUT2D eigenvalue weighted by atomic mass is 16.5. The average molecular weight is 456 g/mol. The number of pyridine rings is 1. The van der Waals surface area contributed by atoms with E-state index in [9.17, 15) is 14.7 Å². The second-order valence-corrected chi connectivity index (χ2v) is 7.29. The van der Waals surface area contributed by atoms with Crippen molar-refractivity contribution in [3.05, 3.63) is 57.9 Å². The summed E-state index contributed by atoms with van der Waals surface area (Å²) in [5.41, 5.74) is 1.09. The van der Waals surface area contributed by atoms with Crippen LogP contribution in [0, 0.1) is 0 Å². The average Bonchev–Trinajstić information content (AvgIpc) is 2.84. The number of ether oxygens (including phenoxy) is 4. The Bertz CT molecular complexity index is 1160. The number of carbonyl (C=O) groups is 1. The van der Waals surface area contributed by atoms with Crippen molar-refractivity contribution in [1.29, 1.82) is 0 Å². The zero-order valence-corrected chi connectivity index (χ0v) is 19.1. The van der Waals surface area contributed by atoms with E-state index < -0.39 is 0 Å². The Hall–Kier alpha value is -3.72. The van der Waals surface area contributed by atoms with E-state index in [-0.39, 0.29) is 31.2 Å². The molecule has 1 aromatic heterocycles. The first-order valence-electron chi connectivity index (χ1n) is 10.4. The van der Waals surface area contributed by atoms with Crippen LogP contribution in [-0.2, 0) is 6.54 Å². The topological polar surface area (TPSA) is 110 Å². The molecule has 0 fully saturated rings. The molecule has 0 saturated heterocycles. The van der Waals surface area contributed by atoms with Crippen LogP contribution in [0.2, 0.25) is 0 Å². The van der Waals surface area contributed by atoms with Gasteiger partial charge in [0.05, 0.1) is 35.0 Å². The maximum Gasteiger partial charge on any atom is 0.254 e. The molecule has 9 heteroatoms. The summed E-state index contributed by atoms with van der Waals surface area (Å²) in [6.07, 6.45) is 0.357. The molecule has 1 amide bonds. The smallest absolute Gasteiger partial charge is 0.254 e. The number of H-pyrrole nitrogens is 1. The SMILES string of the molecule is COc1ccc2[nH]c(=O)c(CN(CCCO)C(=O)c3cc(OC)c(OC)c(OC)c3)cc2c1. The minimum absolute atomic E-state index is 0.0535. The van der Waals surface area contributed by atoms with Crippen LogP contribution in [0.4, 0.5) is 0 Å². The molecule has 0 bridgehead atoms. The fourth-order valence-corrected chi connectivity index (χ4v) is 3.58. The Morgan fingerprint density at radius 3 is 2.24 bits per heavy atom. The number of aliphatic hydroxyl groups excluding tert-OH is 1. The first kappa shape index (κ1) is 23.9. The predicted octanol–water partition coefficient (Wildman–Crippen LogP) is 2.59. The Morgan fingerprint density at radius 1 is 0.970 bits per heavy atom. The van der Waals surface area contributed by atoms with Gasteiger partial charge in [0.1, 0.15) is 5.75 Å². The number of nitrogens with one attached hydrogen (secondary N) is 1. The number of aromatic nitrogens is 1. The van der Waals surface area contributed by atoms with Gasteiger partial charge in [0, 0.05) is 35.2 Å². The summed E-state index contributed by atoms with van der Waals surface area (Å²) in [5.74, 6) is 1.38. The van der Waals surface area contributed by atoms with Crippen molar-refractivity contribution in [3.63, 3.8) is 0 Å². The zero-order valence-electron chi connectivity index (χ0n) is 19.1. The molecular weight excluding hydrogens is 428 g/mol. The Balaban J connectivity index is 2.00. The van der Waals surface area contributed by atoms with Gasteiger partial charge in [-0.15, -0.1) is 0 Å². The number of hydrogen-bond donors (Lipinski definition) is 2. The van der Waals surface area contributed by atoms with Crippen LogP contribution in [0.5, 0.6) is 23.0 Å². The minimum Gasteiger partial charge on any atom is -0.497 e. The van der Waals surface area contributed by atoms with Gasteiger partial charge < -0.3 is 33.9 Å². The molecule has 0 aliphatic rings. The van der Waals surface area contributed by atoms with E-state index in [1.807, 2.05) is 6.07 Å². The Kier molecular flexibility index (Phi) is 7.78. The second kappa shape index (κ2) is 10.7. The molecule has 0 aliphatic heterocycles. The Labute approximate surface area is 191 Å². The van der Waals surface area contributed by atoms with Gasteiger partial charge in [0.2, 0.25) is 5.75 Å². The van der Waals surface area contributed by atoms with Gasteiger partial charge in [-0.3, -0.25) is 9.59 Å². The summed E-state index contributed by atoms with van der Waals surface area (Å²) in [6, 6.07) is 10.2. The van der Waals surface area contributed by atoms with E-state index in [2.05, 4.69) is 4.98 Å². The highest BCUT2D eigenvalue weighted by molar-refractivity contribution is 5.95. The number of hydrogen-bond acceptors (Lipinski definition) is 7. The van der Waals surface area contributed by atoms with Gasteiger partial charge in [0.15, 0.2) is 11.5 Å². The maximum absolute atomic E-state index is 13.4. The third kappa shape index (κ3) is 5.20. The van der Waals surface area contributed by atoms with E-state index in [1.165, 1.54) is 26.2 Å². The molecule has 9 nitrogen and oxygen atoms in total. The number of aliphatic hydroxyl groups is 1. The van der Waals surface area contributed by atoms with Crippen LogP contribution in [0.25, 0.3) is 10.9 Å². The number of rotatable bonds is 10. The van der Waals surface area contributed by atoms with Crippen molar-refractivity contribution in [2.75, 3.05) is 41.6 Å². The standard InChI is InChI=1S/C24H28N2O7/c1-30-18-6-7-19-15(11-18)10-17(23(28)25-19)14-26(8-5-9-27)24(29)16-12-20(31-2)22(33-4)21(13-16)32-3/h6-7,10-13,27H,5,8-9,14H2,1-4H3,(H,25,28). The van der Waals surface area contributed by atoms with Crippen LogP contribution < -0.4 is 24.5 Å². The summed E-state index contributed by atoms with van der Waals surface area (Å²) in [4.78, 5) is 30.5. The highest BCUT2D eigenvalue weighted by Crippen LogP contribution is 2.38. The molecule has 0 saturated carbocycles. The van der Waals surface area contributed by atoms with E-state index in [4.69, 9.17) is 18.9 Å². The normalized spacial score (nSPS) is 10.7. The summed E-state index contributed by atoms with van der Waals surface area (Å²) >= 11 is 0. The first-order valence-corrected chi connectivity index (χ1v) is 10.4. The predicted molar refractivity (Wildman–Crippen MR) is 124 cm³/mol. The number of nitrogens with zero attached hydrogens (tertiary/aromatic N) is 1. The molecule has 0 radical (unpaired) electrons. The van der Waals surface area contributed by atoms with E-state index in [0.717, 1.165) is 5.39 Å². The molecule has 0 atom stereocenters. The van der Waals surface area contributed by atoms with Crippen molar-refractivity contribution in [3.8, 4) is 23.0 Å². The summed E-state index contributed by atoms with van der Waals surface area (Å²) < 4.78 is 21.3. The lowest BCUT2D eigenvalue weighted by Gasteiger charge is -2.23. The van der Waals surface area contributed by atoms with Crippen LogP contribution in [-0.4, -0.2) is 62.5 Å². The lowest BCUT2D eigenvalue weighted by atomic mass is 10.1. The molecule has 33 heavy (non-hydrogen) atoms. The number of carbonyl (C=O) groups excluding carboxylic acids is 1. The number of benzene rings is 2. The molecule has 1 heterocycles. The molecule has 0 spiro atoms. The number of fused-ring (bicyclic) bond motifs is 1. The quantitative estimate of drug-likeness (QED) is 0.482. The van der Waals surface area contributed by atoms with Gasteiger partial charge >= 0.3 is 0 Å². The molecule has 2 N–H and O–H groups in total. The van der Waals surface area contributed by atoms with Crippen LogP contribution in [0.3, 0.4) is 0 Å². The van der Waals surface area contributed by atoms with Crippen molar-refractivity contribution < 1.29 is 28.8 Å². The van der Waals surface area contributed by atoms with Crippen molar-refractivity contribution in [1.82, 2.24) is 9.88 Å². The van der Waals surface area contributed by atoms with Crippen molar-refractivity contribution >= 4 is 16.8 Å². The summed E-state index contributed by atoms with van der Waals surface area (Å²) in [7, 11) is 5.99. The number of aromatic amines is 1. The van der Waals surface area contributed by atoms with Gasteiger partial charge in [0.25, 0.3) is 11.5 Å². The molecule has 0 aliphatic carbocycles. The van der Waals surface area contributed by atoms with Gasteiger partial charge in [-0.2, -0.15) is 0 Å². The Morgan fingerprint density at radius 2 is 1.67 bits per heavy atom. The minimum atomic E-state index is -0.340. The fourth-order valence-electron chi connectivity index (χ4n) is 3.58. The lowest BCUT2D eigenvalue weighted by molar-refractivity contribution is 0.0730. The highest BCUT2D eigenvalue weighted by Gasteiger charge is 2.22. The second-order valence-electron chi connectivity index (χ2n) is 7.29. The van der Waals surface area contributed by atoms with Gasteiger partial charge in [-0.05, 0) is 42.8 Å². The van der Waals surface area contributed by atoms with Crippen LogP contribution in [0.1, 0.15) is 22.3 Å². The summed E-state index contributed by atoms with van der Waals surface area (Å²) in [6.45, 7) is 0.212. The summed E-state index contributed by atoms with van der Waals surface area (Å²) in [5, 5.41) is 10.1. The third-order valence-corrected chi connectivity index (χ3v) is 5.27. The monoisotopic (exact) mass is 456 g/mol. The van der Waals surface area contributed by atoms with Crippen molar-refractivity contribution in [2.45, 2.75) is 13.0 Å². The molecule has 0 unspecified atom stereocenters. The van der Waals surface area contributed by atoms with Crippen LogP contribution >= 0.6 is 0 Å². The van der Waals surface area contributed by atoms with E-state index in [0.29, 0.717) is 46.1 Å². The zero-order chi connectivity index (χ0) is 24.0. The maximum atomic E-state index is 13.4. The van der Waals surface area contributed by atoms with E-state index in [1.54, 1.807) is 37.4 Å².